The van der Waals surface area contributed by atoms with Crippen LogP contribution in [-0.2, 0) is 15.8 Å². The lowest BCUT2D eigenvalue weighted by atomic mass is 10.1. The number of anilines is 1. The zero-order valence-electron chi connectivity index (χ0n) is 12.6. The summed E-state index contributed by atoms with van der Waals surface area (Å²) < 4.78 is 22.7. The number of H-pyrrole nitrogens is 1. The zero-order valence-corrected chi connectivity index (χ0v) is 15.0. The Morgan fingerprint density at radius 1 is 1.35 bits per heavy atom. The summed E-state index contributed by atoms with van der Waals surface area (Å²) in [6.45, 7) is 3.98. The second kappa shape index (κ2) is 6.81. The first-order valence-corrected chi connectivity index (χ1v) is 9.32. The highest BCUT2D eigenvalue weighted by molar-refractivity contribution is 9.10. The topological polar surface area (TPSA) is 118 Å². The number of aromatic amines is 1. The Morgan fingerprint density at radius 2 is 1.96 bits per heavy atom. The number of aromatic nitrogens is 2. The Bertz CT molecular complexity index is 813. The fraction of sp³-hybridized carbons (Fsp3) is 0.286. The van der Waals surface area contributed by atoms with Crippen LogP contribution in [0.15, 0.2) is 28.7 Å². The van der Waals surface area contributed by atoms with Gasteiger partial charge in [-0.25, -0.2) is 13.6 Å². The van der Waals surface area contributed by atoms with Gasteiger partial charge in [0.15, 0.2) is 5.69 Å². The van der Waals surface area contributed by atoms with Crippen LogP contribution in [-0.4, -0.2) is 24.5 Å². The van der Waals surface area contributed by atoms with Crippen molar-refractivity contribution in [3.05, 3.63) is 45.7 Å². The standard InChI is InChI=1S/C14H17BrN4O3S/c1-8(2)12-11(15)13(19-18-12)14(20)17-10-5-3-9(4-6-10)7-23(16,21)22/h3-6,8H,7H2,1-2H3,(H,17,20)(H,18,19)(H2,16,21,22). The molecule has 124 valence electrons. The molecular formula is C14H17BrN4O3S. The Hall–Kier alpha value is -1.71. The lowest BCUT2D eigenvalue weighted by Gasteiger charge is -2.06. The molecule has 7 nitrogen and oxygen atoms in total. The minimum atomic E-state index is -3.57. The van der Waals surface area contributed by atoms with E-state index in [0.29, 0.717) is 15.7 Å². The fourth-order valence-corrected chi connectivity index (χ4v) is 3.45. The summed E-state index contributed by atoms with van der Waals surface area (Å²) in [4.78, 5) is 12.2. The molecule has 1 heterocycles. The van der Waals surface area contributed by atoms with E-state index < -0.39 is 10.0 Å². The van der Waals surface area contributed by atoms with E-state index in [1.54, 1.807) is 24.3 Å². The molecule has 4 N–H and O–H groups in total. The van der Waals surface area contributed by atoms with Crippen LogP contribution >= 0.6 is 15.9 Å². The van der Waals surface area contributed by atoms with Crippen LogP contribution in [0.4, 0.5) is 5.69 Å². The molecule has 0 aliphatic rings. The van der Waals surface area contributed by atoms with Gasteiger partial charge in [-0.15, -0.1) is 0 Å². The molecule has 0 saturated heterocycles. The molecule has 2 aromatic rings. The Balaban J connectivity index is 2.12. The van der Waals surface area contributed by atoms with Crippen LogP contribution in [0.3, 0.4) is 0 Å². The molecule has 0 saturated carbocycles. The summed E-state index contributed by atoms with van der Waals surface area (Å²) in [6, 6.07) is 6.42. The van der Waals surface area contributed by atoms with Crippen LogP contribution in [0.5, 0.6) is 0 Å². The number of nitrogens with two attached hydrogens (primary N) is 1. The van der Waals surface area contributed by atoms with Crippen LogP contribution < -0.4 is 10.5 Å². The largest absolute Gasteiger partial charge is 0.321 e. The van der Waals surface area contributed by atoms with E-state index in [0.717, 1.165) is 5.69 Å². The smallest absolute Gasteiger partial charge is 0.277 e. The number of primary sulfonamides is 1. The summed E-state index contributed by atoms with van der Waals surface area (Å²) in [5.41, 5.74) is 2.20. The number of nitrogens with zero attached hydrogens (tertiary/aromatic N) is 1. The zero-order chi connectivity index (χ0) is 17.2. The highest BCUT2D eigenvalue weighted by Gasteiger charge is 2.19. The van der Waals surface area contributed by atoms with Gasteiger partial charge in [0.1, 0.15) is 0 Å². The van der Waals surface area contributed by atoms with Crippen molar-refractivity contribution in [2.45, 2.75) is 25.5 Å². The van der Waals surface area contributed by atoms with Gasteiger partial charge in [0.25, 0.3) is 5.91 Å². The van der Waals surface area contributed by atoms with Crippen LogP contribution in [0.25, 0.3) is 0 Å². The third-order valence-electron chi connectivity index (χ3n) is 3.10. The summed E-state index contributed by atoms with van der Waals surface area (Å²) >= 11 is 3.38. The first-order valence-electron chi connectivity index (χ1n) is 6.82. The number of carbonyl (C=O) groups is 1. The quantitative estimate of drug-likeness (QED) is 0.713. The number of carbonyl (C=O) groups excluding carboxylic acids is 1. The molecule has 0 spiro atoms. The molecule has 2 rings (SSSR count). The first kappa shape index (κ1) is 17.6. The van der Waals surface area contributed by atoms with Crippen molar-refractivity contribution in [1.82, 2.24) is 10.2 Å². The third-order valence-corrected chi connectivity index (χ3v) is 4.64. The average Bonchev–Trinajstić information content (AvgIpc) is 2.81. The Morgan fingerprint density at radius 3 is 2.43 bits per heavy atom. The fourth-order valence-electron chi connectivity index (χ4n) is 1.98. The van der Waals surface area contributed by atoms with Gasteiger partial charge in [-0.3, -0.25) is 9.89 Å². The number of benzene rings is 1. The van der Waals surface area contributed by atoms with Crippen molar-refractivity contribution < 1.29 is 13.2 Å². The van der Waals surface area contributed by atoms with E-state index in [-0.39, 0.29) is 23.3 Å². The van der Waals surface area contributed by atoms with Crippen LogP contribution in [0, 0.1) is 0 Å². The number of sulfonamides is 1. The van der Waals surface area contributed by atoms with E-state index in [9.17, 15) is 13.2 Å². The normalized spacial score (nSPS) is 11.7. The number of nitrogens with one attached hydrogen (secondary N) is 2. The lowest BCUT2D eigenvalue weighted by molar-refractivity contribution is 0.102. The van der Waals surface area contributed by atoms with E-state index in [1.165, 1.54) is 0 Å². The molecule has 0 fully saturated rings. The molecule has 0 unspecified atom stereocenters. The van der Waals surface area contributed by atoms with Gasteiger partial charge < -0.3 is 5.32 Å². The number of amides is 1. The Labute approximate surface area is 142 Å². The molecule has 9 heteroatoms. The van der Waals surface area contributed by atoms with E-state index in [1.807, 2.05) is 13.8 Å². The van der Waals surface area contributed by atoms with Gasteiger partial charge in [-0.05, 0) is 39.5 Å². The summed E-state index contributed by atoms with van der Waals surface area (Å²) in [6.07, 6.45) is 0. The Kier molecular flexibility index (Phi) is 5.23. The molecule has 1 aromatic heterocycles. The predicted molar refractivity (Wildman–Crippen MR) is 91.6 cm³/mol. The van der Waals surface area contributed by atoms with Crippen molar-refractivity contribution in [2.75, 3.05) is 5.32 Å². The van der Waals surface area contributed by atoms with Gasteiger partial charge in [0, 0.05) is 5.69 Å². The minimum absolute atomic E-state index is 0.205. The summed E-state index contributed by atoms with van der Waals surface area (Å²) in [5, 5.41) is 14.6. The van der Waals surface area contributed by atoms with Crippen molar-refractivity contribution >= 4 is 37.5 Å². The van der Waals surface area contributed by atoms with Crippen LogP contribution in [0.1, 0.15) is 41.5 Å². The molecule has 0 bridgehead atoms. The maximum Gasteiger partial charge on any atom is 0.277 e. The molecular weight excluding hydrogens is 384 g/mol. The van der Waals surface area contributed by atoms with E-state index in [4.69, 9.17) is 5.14 Å². The molecule has 23 heavy (non-hydrogen) atoms. The van der Waals surface area contributed by atoms with Crippen molar-refractivity contribution in [2.24, 2.45) is 5.14 Å². The van der Waals surface area contributed by atoms with Gasteiger partial charge in [-0.1, -0.05) is 26.0 Å². The lowest BCUT2D eigenvalue weighted by Crippen LogP contribution is -2.15. The average molecular weight is 401 g/mol. The van der Waals surface area contributed by atoms with Crippen molar-refractivity contribution in [1.29, 1.82) is 0 Å². The maximum absolute atomic E-state index is 12.2. The van der Waals surface area contributed by atoms with E-state index >= 15 is 0 Å². The third kappa shape index (κ3) is 4.63. The van der Waals surface area contributed by atoms with Gasteiger partial charge in [-0.2, -0.15) is 5.10 Å². The van der Waals surface area contributed by atoms with E-state index in [2.05, 4.69) is 31.4 Å². The van der Waals surface area contributed by atoms with Gasteiger partial charge >= 0.3 is 0 Å². The maximum atomic E-state index is 12.2. The molecule has 1 amide bonds. The number of hydrogen-bond acceptors (Lipinski definition) is 4. The van der Waals surface area contributed by atoms with Crippen molar-refractivity contribution in [3.63, 3.8) is 0 Å². The number of halogens is 1. The van der Waals surface area contributed by atoms with Crippen molar-refractivity contribution in [3.8, 4) is 0 Å². The highest BCUT2D eigenvalue weighted by atomic mass is 79.9. The SMILES string of the molecule is CC(C)c1[nH]nc(C(=O)Nc2ccc(CS(N)(=O)=O)cc2)c1Br. The molecule has 0 aliphatic carbocycles. The number of hydrogen-bond donors (Lipinski definition) is 3. The summed E-state index contributed by atoms with van der Waals surface area (Å²) in [5.74, 6) is -0.403. The van der Waals surface area contributed by atoms with Crippen LogP contribution in [0.2, 0.25) is 0 Å². The second-order valence-corrected chi connectivity index (χ2v) is 7.82. The van der Waals surface area contributed by atoms with Gasteiger partial charge in [0.2, 0.25) is 10.0 Å². The molecule has 0 aliphatic heterocycles. The summed E-state index contributed by atoms with van der Waals surface area (Å²) in [7, 11) is -3.57. The second-order valence-electron chi connectivity index (χ2n) is 5.41. The molecule has 1 aromatic carbocycles. The monoisotopic (exact) mass is 400 g/mol. The van der Waals surface area contributed by atoms with Gasteiger partial charge in [0.05, 0.1) is 15.9 Å². The molecule has 0 radical (unpaired) electrons. The predicted octanol–water partition coefficient (Wildman–Crippen LogP) is 2.34. The number of rotatable bonds is 5. The minimum Gasteiger partial charge on any atom is -0.321 e. The molecule has 0 atom stereocenters. The first-order chi connectivity index (χ1) is 10.7. The highest BCUT2D eigenvalue weighted by Crippen LogP contribution is 2.26.